The molecule has 2 N–H and O–H groups in total. The number of aryl methyl sites for hydroxylation is 2. The van der Waals surface area contributed by atoms with Crippen molar-refractivity contribution in [2.24, 2.45) is 0 Å². The van der Waals surface area contributed by atoms with Gasteiger partial charge in [0.05, 0.1) is 6.10 Å². The van der Waals surface area contributed by atoms with Crippen molar-refractivity contribution in [3.8, 4) is 5.75 Å². The first-order valence-electron chi connectivity index (χ1n) is 7.70. The summed E-state index contributed by atoms with van der Waals surface area (Å²) < 4.78 is 5.77. The van der Waals surface area contributed by atoms with Gasteiger partial charge < -0.3 is 9.84 Å². The lowest BCUT2D eigenvalue weighted by Gasteiger charge is -2.15. The molecule has 23 heavy (non-hydrogen) atoms. The number of aliphatic hydroxyl groups excluding tert-OH is 1. The second-order valence-corrected chi connectivity index (χ2v) is 7.70. The van der Waals surface area contributed by atoms with Gasteiger partial charge in [0.1, 0.15) is 18.2 Å². The normalized spacial score (nSPS) is 13.1. The molecule has 6 heteroatoms. The van der Waals surface area contributed by atoms with Crippen molar-refractivity contribution in [2.75, 3.05) is 12.4 Å². The number of aliphatic hydroxyl groups is 1. The maximum absolute atomic E-state index is 10.1. The van der Waals surface area contributed by atoms with Crippen molar-refractivity contribution in [1.82, 2.24) is 15.2 Å². The van der Waals surface area contributed by atoms with E-state index < -0.39 is 6.10 Å². The number of thioether (sulfide) groups is 1. The zero-order valence-corrected chi connectivity index (χ0v) is 15.2. The molecule has 0 aliphatic carbocycles. The molecule has 0 fully saturated rings. The van der Waals surface area contributed by atoms with Crippen LogP contribution in [-0.2, 0) is 5.41 Å². The van der Waals surface area contributed by atoms with E-state index in [1.54, 1.807) is 0 Å². The van der Waals surface area contributed by atoms with Gasteiger partial charge in [-0.25, -0.2) is 4.98 Å². The predicted molar refractivity (Wildman–Crippen MR) is 93.2 cm³/mol. The number of hydrogen-bond donors (Lipinski definition) is 2. The molecule has 2 aromatic rings. The van der Waals surface area contributed by atoms with E-state index in [4.69, 9.17) is 4.74 Å². The highest BCUT2D eigenvalue weighted by molar-refractivity contribution is 7.99. The first-order valence-corrected chi connectivity index (χ1v) is 8.68. The lowest BCUT2D eigenvalue weighted by Crippen LogP contribution is -2.20. The standard InChI is InChI=1S/C17H25N3O2S/c1-11-7-6-8-12(2)14(11)22-9-13(21)10-23-16-18-15(19-20-16)17(3,4)5/h6-8,13,21H,9-10H2,1-5H3,(H,18,19,20). The van der Waals surface area contributed by atoms with Gasteiger partial charge in [0.2, 0.25) is 5.16 Å². The van der Waals surface area contributed by atoms with Crippen LogP contribution in [-0.4, -0.2) is 38.8 Å². The molecule has 0 aliphatic heterocycles. The minimum atomic E-state index is -0.574. The van der Waals surface area contributed by atoms with Crippen LogP contribution >= 0.6 is 11.8 Å². The molecule has 1 heterocycles. The molecule has 0 amide bonds. The first kappa shape index (κ1) is 17.8. The largest absolute Gasteiger partial charge is 0.490 e. The number of nitrogens with zero attached hydrogens (tertiary/aromatic N) is 2. The molecule has 126 valence electrons. The third-order valence-electron chi connectivity index (χ3n) is 3.41. The molecule has 1 aromatic heterocycles. The van der Waals surface area contributed by atoms with Gasteiger partial charge in [-0.1, -0.05) is 50.7 Å². The predicted octanol–water partition coefficient (Wildman–Crippen LogP) is 3.25. The number of aromatic nitrogens is 3. The minimum Gasteiger partial charge on any atom is -0.490 e. The number of hydrogen-bond acceptors (Lipinski definition) is 5. The van der Waals surface area contributed by atoms with Crippen LogP contribution in [0.3, 0.4) is 0 Å². The van der Waals surface area contributed by atoms with E-state index in [0.717, 1.165) is 22.7 Å². The second-order valence-electron chi connectivity index (χ2n) is 6.71. The maximum atomic E-state index is 10.1. The Morgan fingerprint density at radius 2 is 1.91 bits per heavy atom. The van der Waals surface area contributed by atoms with Crippen molar-refractivity contribution in [3.05, 3.63) is 35.2 Å². The van der Waals surface area contributed by atoms with E-state index in [2.05, 4.69) is 36.0 Å². The lowest BCUT2D eigenvalue weighted by molar-refractivity contribution is 0.125. The fourth-order valence-electron chi connectivity index (χ4n) is 2.07. The molecule has 5 nitrogen and oxygen atoms in total. The Bertz CT molecular complexity index is 629. The van der Waals surface area contributed by atoms with Crippen LogP contribution in [0.4, 0.5) is 0 Å². The number of ether oxygens (including phenoxy) is 1. The maximum Gasteiger partial charge on any atom is 0.208 e. The third-order valence-corrected chi connectivity index (χ3v) is 4.40. The van der Waals surface area contributed by atoms with Gasteiger partial charge in [0.25, 0.3) is 0 Å². The summed E-state index contributed by atoms with van der Waals surface area (Å²) in [5, 5.41) is 17.9. The van der Waals surface area contributed by atoms with Gasteiger partial charge in [-0.15, -0.1) is 5.10 Å². The van der Waals surface area contributed by atoms with E-state index in [-0.39, 0.29) is 12.0 Å². The Morgan fingerprint density at radius 3 is 2.48 bits per heavy atom. The molecule has 1 atom stereocenters. The van der Waals surface area contributed by atoms with Crippen LogP contribution in [0.15, 0.2) is 23.4 Å². The zero-order chi connectivity index (χ0) is 17.0. The van der Waals surface area contributed by atoms with Gasteiger partial charge in [-0.3, -0.25) is 5.10 Å². The third kappa shape index (κ3) is 4.97. The monoisotopic (exact) mass is 335 g/mol. The summed E-state index contributed by atoms with van der Waals surface area (Å²) >= 11 is 1.43. The number of aromatic amines is 1. The first-order chi connectivity index (χ1) is 10.8. The van der Waals surface area contributed by atoms with Crippen molar-refractivity contribution in [3.63, 3.8) is 0 Å². The molecule has 2 rings (SSSR count). The average molecular weight is 335 g/mol. The highest BCUT2D eigenvalue weighted by atomic mass is 32.2. The highest BCUT2D eigenvalue weighted by Gasteiger charge is 2.19. The van der Waals surface area contributed by atoms with Crippen LogP contribution in [0.2, 0.25) is 0 Å². The summed E-state index contributed by atoms with van der Waals surface area (Å²) in [4.78, 5) is 4.44. The molecule has 0 aliphatic rings. The van der Waals surface area contributed by atoms with Crippen molar-refractivity contribution >= 4 is 11.8 Å². The molecule has 1 aromatic carbocycles. The number of benzene rings is 1. The van der Waals surface area contributed by atoms with Gasteiger partial charge in [-0.05, 0) is 25.0 Å². The summed E-state index contributed by atoms with van der Waals surface area (Å²) in [6, 6.07) is 6.01. The fourth-order valence-corrected chi connectivity index (χ4v) is 2.78. The van der Waals surface area contributed by atoms with E-state index in [1.165, 1.54) is 11.8 Å². The highest BCUT2D eigenvalue weighted by Crippen LogP contribution is 2.24. The molecule has 0 spiro atoms. The number of para-hydroxylation sites is 1. The van der Waals surface area contributed by atoms with Gasteiger partial charge in [-0.2, -0.15) is 0 Å². The number of nitrogens with one attached hydrogen (secondary N) is 1. The Morgan fingerprint density at radius 1 is 1.26 bits per heavy atom. The second kappa shape index (κ2) is 7.36. The zero-order valence-electron chi connectivity index (χ0n) is 14.4. The van der Waals surface area contributed by atoms with Crippen LogP contribution < -0.4 is 4.74 Å². The van der Waals surface area contributed by atoms with Crippen LogP contribution in [0, 0.1) is 13.8 Å². The lowest BCUT2D eigenvalue weighted by atomic mass is 9.96. The Labute approximate surface area is 141 Å². The van der Waals surface area contributed by atoms with E-state index in [9.17, 15) is 5.11 Å². The molecule has 0 saturated heterocycles. The summed E-state index contributed by atoms with van der Waals surface area (Å²) in [5.74, 6) is 2.19. The van der Waals surface area contributed by atoms with Gasteiger partial charge >= 0.3 is 0 Å². The Kier molecular flexibility index (Phi) is 5.70. The summed E-state index contributed by atoms with van der Waals surface area (Å²) in [5.41, 5.74) is 2.10. The number of H-pyrrole nitrogens is 1. The fraction of sp³-hybridized carbons (Fsp3) is 0.529. The topological polar surface area (TPSA) is 71.0 Å². The van der Waals surface area contributed by atoms with E-state index in [1.807, 2.05) is 32.0 Å². The Hall–Kier alpha value is -1.53. The molecule has 0 radical (unpaired) electrons. The SMILES string of the molecule is Cc1cccc(C)c1OCC(O)CSc1n[nH]c(C(C)(C)C)n1. The summed E-state index contributed by atoms with van der Waals surface area (Å²) in [7, 11) is 0. The molecular weight excluding hydrogens is 310 g/mol. The summed E-state index contributed by atoms with van der Waals surface area (Å²) in [6.45, 7) is 10.5. The van der Waals surface area contributed by atoms with Gasteiger partial charge in [0.15, 0.2) is 0 Å². The molecule has 0 saturated carbocycles. The van der Waals surface area contributed by atoms with Crippen LogP contribution in [0.1, 0.15) is 37.7 Å². The van der Waals surface area contributed by atoms with Crippen LogP contribution in [0.5, 0.6) is 5.75 Å². The van der Waals surface area contributed by atoms with Crippen molar-refractivity contribution in [2.45, 2.75) is 51.3 Å². The molecule has 1 unspecified atom stereocenters. The summed E-state index contributed by atoms with van der Waals surface area (Å²) in [6.07, 6.45) is -0.574. The van der Waals surface area contributed by atoms with E-state index >= 15 is 0 Å². The smallest absolute Gasteiger partial charge is 0.208 e. The van der Waals surface area contributed by atoms with E-state index in [0.29, 0.717) is 10.9 Å². The molecular formula is C17H25N3O2S. The number of rotatable bonds is 6. The average Bonchev–Trinajstić information content (AvgIpc) is 2.93. The van der Waals surface area contributed by atoms with Crippen molar-refractivity contribution < 1.29 is 9.84 Å². The van der Waals surface area contributed by atoms with Gasteiger partial charge in [0, 0.05) is 11.2 Å². The minimum absolute atomic E-state index is 0.0596. The molecule has 0 bridgehead atoms. The Balaban J connectivity index is 1.84. The van der Waals surface area contributed by atoms with Crippen LogP contribution in [0.25, 0.3) is 0 Å². The van der Waals surface area contributed by atoms with Crippen molar-refractivity contribution in [1.29, 1.82) is 0 Å². The quantitative estimate of drug-likeness (QED) is 0.793.